The maximum Gasteiger partial charge on any atom is 0.310 e. The van der Waals surface area contributed by atoms with Crippen LogP contribution in [0.1, 0.15) is 47.6 Å². The molecule has 1 aliphatic rings. The lowest BCUT2D eigenvalue weighted by atomic mass is 9.92. The van der Waals surface area contributed by atoms with Crippen LogP contribution in [0.25, 0.3) is 0 Å². The van der Waals surface area contributed by atoms with Crippen LogP contribution in [-0.4, -0.2) is 47.0 Å². The summed E-state index contributed by atoms with van der Waals surface area (Å²) in [6.07, 6.45) is 4.45. The number of esters is 1. The Kier molecular flexibility index (Phi) is 12.1. The lowest BCUT2D eigenvalue weighted by Gasteiger charge is -2.36. The smallest absolute Gasteiger partial charge is 0.310 e. The number of rotatable bonds is 15. The summed E-state index contributed by atoms with van der Waals surface area (Å²) in [5.74, 6) is -1.96. The van der Waals surface area contributed by atoms with Gasteiger partial charge in [0.15, 0.2) is 0 Å². The van der Waals surface area contributed by atoms with E-state index in [1.807, 2.05) is 84.9 Å². The van der Waals surface area contributed by atoms with Crippen LogP contribution in [0.4, 0.5) is 0 Å². The number of allylic oxidation sites excluding steroid dienone is 2. The number of hydrogen-bond acceptors (Lipinski definition) is 5. The fourth-order valence-electron chi connectivity index (χ4n) is 5.69. The minimum Gasteiger partial charge on any atom is -0.455 e. The largest absolute Gasteiger partial charge is 0.455 e. The van der Waals surface area contributed by atoms with Crippen molar-refractivity contribution in [1.82, 2.24) is 10.2 Å². The maximum atomic E-state index is 13.5. The molecule has 0 bridgehead atoms. The molecule has 0 aliphatic carbocycles. The van der Waals surface area contributed by atoms with Crippen LogP contribution in [0.15, 0.2) is 110 Å². The first kappa shape index (κ1) is 32.4. The second kappa shape index (κ2) is 16.4. The molecule has 4 rings (SSSR count). The summed E-state index contributed by atoms with van der Waals surface area (Å²) in [6, 6.07) is 26.6. The van der Waals surface area contributed by atoms with Gasteiger partial charge in [0.2, 0.25) is 11.8 Å². The molecule has 0 aromatic heterocycles. The number of fused-ring (bicyclic) bond motifs is 1. The Labute approximate surface area is 260 Å². The lowest BCUT2D eigenvalue weighted by Crippen LogP contribution is -2.47. The van der Waals surface area contributed by atoms with E-state index in [1.165, 1.54) is 0 Å². The van der Waals surface area contributed by atoms with E-state index in [-0.39, 0.29) is 43.4 Å². The van der Waals surface area contributed by atoms with Gasteiger partial charge in [0.05, 0.1) is 31.0 Å². The van der Waals surface area contributed by atoms with Crippen molar-refractivity contribution in [2.24, 2.45) is 11.8 Å². The standard InChI is InChI=1S/C37H42N2O5/c1-3-13-30(23-35(41)39-25-32-20-12-11-19-29(32)22-33(39)26-40)36(42)38-24-34(28-17-9-6-10-18-28)44-37(43)31(14-4-2)21-27-15-7-5-8-16-27/h3-12,15-20,30-31,33-34,40H,1-2,13-14,21-26H2,(H,38,42)/t30-,31-,33+,34+/m1/s1. The molecule has 0 saturated carbocycles. The fourth-order valence-corrected chi connectivity index (χ4v) is 5.69. The molecule has 4 atom stereocenters. The van der Waals surface area contributed by atoms with Crippen molar-refractivity contribution in [1.29, 1.82) is 0 Å². The summed E-state index contributed by atoms with van der Waals surface area (Å²) in [5.41, 5.74) is 3.95. The molecule has 230 valence electrons. The summed E-state index contributed by atoms with van der Waals surface area (Å²) in [7, 11) is 0. The Hall–Kier alpha value is -4.49. The normalized spacial score (nSPS) is 16.1. The minimum atomic E-state index is -0.715. The minimum absolute atomic E-state index is 0.0230. The number of benzene rings is 3. The Morgan fingerprint density at radius 1 is 0.886 bits per heavy atom. The number of amides is 2. The summed E-state index contributed by atoms with van der Waals surface area (Å²) in [5, 5.41) is 13.0. The molecule has 0 spiro atoms. The number of carbonyl (C=O) groups is 3. The lowest BCUT2D eigenvalue weighted by molar-refractivity contribution is -0.154. The Morgan fingerprint density at radius 2 is 1.50 bits per heavy atom. The first-order chi connectivity index (χ1) is 21.4. The van der Waals surface area contributed by atoms with Gasteiger partial charge in [-0.1, -0.05) is 97.1 Å². The molecule has 1 aliphatic heterocycles. The van der Waals surface area contributed by atoms with Gasteiger partial charge in [-0.05, 0) is 47.9 Å². The Balaban J connectivity index is 1.43. The van der Waals surface area contributed by atoms with Gasteiger partial charge < -0.3 is 20.1 Å². The third-order valence-corrected chi connectivity index (χ3v) is 8.13. The quantitative estimate of drug-likeness (QED) is 0.183. The van der Waals surface area contributed by atoms with E-state index in [2.05, 4.69) is 18.5 Å². The van der Waals surface area contributed by atoms with Gasteiger partial charge in [0.1, 0.15) is 6.10 Å². The zero-order chi connectivity index (χ0) is 31.3. The number of nitrogens with zero attached hydrogens (tertiary/aromatic N) is 1. The predicted molar refractivity (Wildman–Crippen MR) is 171 cm³/mol. The van der Waals surface area contributed by atoms with E-state index >= 15 is 0 Å². The van der Waals surface area contributed by atoms with Crippen molar-refractivity contribution < 1.29 is 24.2 Å². The van der Waals surface area contributed by atoms with Crippen LogP contribution in [0, 0.1) is 11.8 Å². The molecule has 3 aromatic carbocycles. The predicted octanol–water partition coefficient (Wildman–Crippen LogP) is 5.35. The fraction of sp³-hybridized carbons (Fsp3) is 0.324. The van der Waals surface area contributed by atoms with Crippen molar-refractivity contribution in [2.75, 3.05) is 13.2 Å². The van der Waals surface area contributed by atoms with Crippen LogP contribution in [0.2, 0.25) is 0 Å². The zero-order valence-corrected chi connectivity index (χ0v) is 25.1. The van der Waals surface area contributed by atoms with Crippen LogP contribution in [-0.2, 0) is 38.5 Å². The molecule has 3 aromatic rings. The molecule has 7 nitrogen and oxygen atoms in total. The Morgan fingerprint density at radius 3 is 2.16 bits per heavy atom. The summed E-state index contributed by atoms with van der Waals surface area (Å²) < 4.78 is 6.03. The molecule has 0 fully saturated rings. The summed E-state index contributed by atoms with van der Waals surface area (Å²) in [4.78, 5) is 42.0. The monoisotopic (exact) mass is 594 g/mol. The van der Waals surface area contributed by atoms with Gasteiger partial charge in [-0.3, -0.25) is 14.4 Å². The van der Waals surface area contributed by atoms with E-state index in [4.69, 9.17) is 4.74 Å². The first-order valence-electron chi connectivity index (χ1n) is 15.2. The number of aliphatic hydroxyl groups is 1. The molecular formula is C37H42N2O5. The highest BCUT2D eigenvalue weighted by Gasteiger charge is 2.32. The Bertz CT molecular complexity index is 1410. The van der Waals surface area contributed by atoms with E-state index in [1.54, 1.807) is 17.1 Å². The van der Waals surface area contributed by atoms with Gasteiger partial charge in [0, 0.05) is 13.0 Å². The third-order valence-electron chi connectivity index (χ3n) is 8.13. The molecular weight excluding hydrogens is 552 g/mol. The van der Waals surface area contributed by atoms with Gasteiger partial charge in [-0.25, -0.2) is 0 Å². The van der Waals surface area contributed by atoms with Crippen LogP contribution >= 0.6 is 0 Å². The van der Waals surface area contributed by atoms with Crippen LogP contribution < -0.4 is 5.32 Å². The number of nitrogens with one attached hydrogen (secondary N) is 1. The van der Waals surface area contributed by atoms with E-state index < -0.39 is 17.9 Å². The second-order valence-corrected chi connectivity index (χ2v) is 11.2. The molecule has 1 heterocycles. The number of aliphatic hydroxyl groups excluding tert-OH is 1. The topological polar surface area (TPSA) is 95.9 Å². The molecule has 0 saturated heterocycles. The van der Waals surface area contributed by atoms with Crippen molar-refractivity contribution in [3.05, 3.63) is 132 Å². The molecule has 2 amide bonds. The maximum absolute atomic E-state index is 13.5. The van der Waals surface area contributed by atoms with Gasteiger partial charge in [-0.2, -0.15) is 0 Å². The average molecular weight is 595 g/mol. The molecule has 0 radical (unpaired) electrons. The van der Waals surface area contributed by atoms with Gasteiger partial charge in [-0.15, -0.1) is 13.2 Å². The van der Waals surface area contributed by atoms with Crippen LogP contribution in [0.3, 0.4) is 0 Å². The number of hydrogen-bond donors (Lipinski definition) is 2. The van der Waals surface area contributed by atoms with Crippen molar-refractivity contribution in [2.45, 2.75) is 50.8 Å². The average Bonchev–Trinajstić information content (AvgIpc) is 3.06. The van der Waals surface area contributed by atoms with Crippen molar-refractivity contribution in [3.63, 3.8) is 0 Å². The summed E-state index contributed by atoms with van der Waals surface area (Å²) >= 11 is 0. The van der Waals surface area contributed by atoms with E-state index in [0.29, 0.717) is 32.2 Å². The highest BCUT2D eigenvalue weighted by molar-refractivity contribution is 5.86. The third kappa shape index (κ3) is 8.77. The van der Waals surface area contributed by atoms with E-state index in [0.717, 1.165) is 22.3 Å². The van der Waals surface area contributed by atoms with Crippen molar-refractivity contribution in [3.8, 4) is 0 Å². The second-order valence-electron chi connectivity index (χ2n) is 11.2. The summed E-state index contributed by atoms with van der Waals surface area (Å²) in [6.45, 7) is 7.91. The molecule has 0 unspecified atom stereocenters. The highest BCUT2D eigenvalue weighted by Crippen LogP contribution is 2.26. The van der Waals surface area contributed by atoms with E-state index in [9.17, 15) is 19.5 Å². The molecule has 44 heavy (non-hydrogen) atoms. The highest BCUT2D eigenvalue weighted by atomic mass is 16.5. The molecule has 2 N–H and O–H groups in total. The van der Waals surface area contributed by atoms with Gasteiger partial charge in [0.25, 0.3) is 0 Å². The zero-order valence-electron chi connectivity index (χ0n) is 25.1. The number of ether oxygens (including phenoxy) is 1. The van der Waals surface area contributed by atoms with Crippen molar-refractivity contribution >= 4 is 17.8 Å². The number of carbonyl (C=O) groups excluding carboxylic acids is 3. The first-order valence-corrected chi connectivity index (χ1v) is 15.2. The van der Waals surface area contributed by atoms with Gasteiger partial charge >= 0.3 is 5.97 Å². The SMILES string of the molecule is C=CC[C@H](CC(=O)N1Cc2ccccc2C[C@H]1CO)C(=O)NC[C@H](OC(=O)[C@H](CC=C)Cc1ccccc1)c1ccccc1. The van der Waals surface area contributed by atoms with Crippen LogP contribution in [0.5, 0.6) is 0 Å². The molecule has 7 heteroatoms.